The van der Waals surface area contributed by atoms with Crippen molar-refractivity contribution in [1.82, 2.24) is 19.6 Å². The van der Waals surface area contributed by atoms with Gasteiger partial charge in [0.15, 0.2) is 5.65 Å². The van der Waals surface area contributed by atoms with Crippen LogP contribution in [0.5, 0.6) is 0 Å². The molecule has 0 bridgehead atoms. The summed E-state index contributed by atoms with van der Waals surface area (Å²) < 4.78 is 1.86. The van der Waals surface area contributed by atoms with Gasteiger partial charge in [-0.3, -0.25) is 4.98 Å². The average molecular weight is 333 g/mol. The molecule has 4 aromatic rings. The van der Waals surface area contributed by atoms with Crippen LogP contribution in [0.25, 0.3) is 16.2 Å². The van der Waals surface area contributed by atoms with Gasteiger partial charge in [-0.15, -0.1) is 11.3 Å². The van der Waals surface area contributed by atoms with Crippen LogP contribution in [0, 0.1) is 6.92 Å². The molecule has 1 N–H and O–H groups in total. The van der Waals surface area contributed by atoms with Crippen LogP contribution in [-0.4, -0.2) is 27.4 Å². The molecule has 0 aliphatic heterocycles. The highest BCUT2D eigenvalue weighted by Gasteiger charge is 2.12. The van der Waals surface area contributed by atoms with Crippen LogP contribution < -0.4 is 10.8 Å². The quantitative estimate of drug-likeness (QED) is 0.581. The van der Waals surface area contributed by atoms with Crippen molar-refractivity contribution in [2.75, 3.05) is 5.32 Å². The number of nitrogens with one attached hydrogen (secondary N) is 1. The van der Waals surface area contributed by atoms with Crippen LogP contribution >= 0.6 is 11.3 Å². The Morgan fingerprint density at radius 3 is 2.96 bits per heavy atom. The molecule has 24 heavy (non-hydrogen) atoms. The molecule has 7 heteroatoms. The summed E-state index contributed by atoms with van der Waals surface area (Å²) in [6.45, 7) is 2.80. The van der Waals surface area contributed by atoms with Gasteiger partial charge >= 0.3 is 0 Å². The molecule has 5 nitrogen and oxygen atoms in total. The third kappa shape index (κ3) is 2.67. The second kappa shape index (κ2) is 6.09. The van der Waals surface area contributed by atoms with Crippen molar-refractivity contribution in [3.05, 3.63) is 59.4 Å². The Bertz CT molecular complexity index is 993. The fourth-order valence-corrected chi connectivity index (χ4v) is 3.53. The van der Waals surface area contributed by atoms with Gasteiger partial charge in [-0.1, -0.05) is 6.07 Å². The lowest BCUT2D eigenvalue weighted by Gasteiger charge is -2.11. The van der Waals surface area contributed by atoms with E-state index in [2.05, 4.69) is 45.9 Å². The molecule has 0 spiro atoms. The van der Waals surface area contributed by atoms with E-state index < -0.39 is 0 Å². The first-order valence-electron chi connectivity index (χ1n) is 7.75. The largest absolute Gasteiger partial charge is 0.366 e. The Morgan fingerprint density at radius 1 is 1.29 bits per heavy atom. The summed E-state index contributed by atoms with van der Waals surface area (Å²) in [6, 6.07) is 8.18. The Morgan fingerprint density at radius 2 is 2.21 bits per heavy atom. The van der Waals surface area contributed by atoms with Gasteiger partial charge in [0.05, 0.1) is 10.6 Å². The minimum Gasteiger partial charge on any atom is -0.366 e. The van der Waals surface area contributed by atoms with Gasteiger partial charge in [0.2, 0.25) is 0 Å². The summed E-state index contributed by atoms with van der Waals surface area (Å²) in [5.41, 5.74) is 5.30. The molecule has 0 amide bonds. The van der Waals surface area contributed by atoms with Crippen LogP contribution in [0.4, 0.5) is 5.82 Å². The Kier molecular flexibility index (Phi) is 3.78. The minimum absolute atomic E-state index is 0.689. The first kappa shape index (κ1) is 14.9. The normalized spacial score (nSPS) is 11.0. The van der Waals surface area contributed by atoms with Gasteiger partial charge in [0.25, 0.3) is 0 Å². The summed E-state index contributed by atoms with van der Waals surface area (Å²) in [5, 5.41) is 10.0. The molecule has 0 atom stereocenters. The van der Waals surface area contributed by atoms with Crippen LogP contribution in [-0.2, 0) is 6.54 Å². The summed E-state index contributed by atoms with van der Waals surface area (Å²) in [6.07, 6.45) is 5.50. The summed E-state index contributed by atoms with van der Waals surface area (Å²) >= 11 is 1.71. The molecule has 0 saturated carbocycles. The first-order valence-corrected chi connectivity index (χ1v) is 8.63. The molecule has 0 radical (unpaired) electrons. The van der Waals surface area contributed by atoms with E-state index in [0.717, 1.165) is 28.2 Å². The zero-order valence-electron chi connectivity index (χ0n) is 13.5. The standard InChI is InChI=1S/C17H16BN5S/c1-11-4-6-24-16(11)14-7-15(20-9-12-3-2-5-19-8-12)23-17(22-14)13(18)10-21-23/h2-8,10,20H,9,18H2,1H3. The number of nitrogens with zero attached hydrogens (tertiary/aromatic N) is 4. The number of fused-ring (bicyclic) bond motifs is 1. The lowest BCUT2D eigenvalue weighted by molar-refractivity contribution is 0.925. The number of hydrogen-bond acceptors (Lipinski definition) is 5. The zero-order chi connectivity index (χ0) is 16.5. The van der Waals surface area contributed by atoms with E-state index in [1.165, 1.54) is 10.4 Å². The lowest BCUT2D eigenvalue weighted by atomic mass is 10.0. The van der Waals surface area contributed by atoms with Crippen LogP contribution in [0.2, 0.25) is 0 Å². The topological polar surface area (TPSA) is 55.1 Å². The number of hydrogen-bond donors (Lipinski definition) is 1. The number of rotatable bonds is 4. The van der Waals surface area contributed by atoms with Gasteiger partial charge in [-0.2, -0.15) is 9.61 Å². The van der Waals surface area contributed by atoms with Gasteiger partial charge in [-0.05, 0) is 41.0 Å². The van der Waals surface area contributed by atoms with E-state index in [0.29, 0.717) is 6.54 Å². The van der Waals surface area contributed by atoms with Gasteiger partial charge in [0, 0.05) is 31.2 Å². The zero-order valence-corrected chi connectivity index (χ0v) is 14.3. The SMILES string of the molecule is Bc1cnn2c(NCc3cccnc3)cc(-c3sccc3C)nc12. The molecule has 118 valence electrons. The van der Waals surface area contributed by atoms with Crippen molar-refractivity contribution < 1.29 is 0 Å². The van der Waals surface area contributed by atoms with E-state index in [1.807, 2.05) is 30.8 Å². The lowest BCUT2D eigenvalue weighted by Crippen LogP contribution is -2.09. The molecule has 4 rings (SSSR count). The van der Waals surface area contributed by atoms with Crippen molar-refractivity contribution >= 4 is 36.1 Å². The number of thiophene rings is 1. The maximum absolute atomic E-state index is 4.81. The summed E-state index contributed by atoms with van der Waals surface area (Å²) in [7, 11) is 2.03. The average Bonchev–Trinajstić information content (AvgIpc) is 3.20. The van der Waals surface area contributed by atoms with Crippen LogP contribution in [0.15, 0.2) is 48.2 Å². The molecule has 0 fully saturated rings. The van der Waals surface area contributed by atoms with Crippen molar-refractivity contribution in [1.29, 1.82) is 0 Å². The van der Waals surface area contributed by atoms with Gasteiger partial charge < -0.3 is 5.32 Å². The molecule has 4 heterocycles. The molecular formula is C17H16BN5S. The molecule has 0 aromatic carbocycles. The van der Waals surface area contributed by atoms with E-state index >= 15 is 0 Å². The smallest absolute Gasteiger partial charge is 0.151 e. The van der Waals surface area contributed by atoms with Crippen molar-refractivity contribution in [2.45, 2.75) is 13.5 Å². The fourth-order valence-electron chi connectivity index (χ4n) is 2.65. The minimum atomic E-state index is 0.689. The molecule has 4 aromatic heterocycles. The van der Waals surface area contributed by atoms with Crippen LogP contribution in [0.1, 0.15) is 11.1 Å². The summed E-state index contributed by atoms with van der Waals surface area (Å²) in [5.74, 6) is 0.930. The molecule has 0 aliphatic rings. The third-order valence-electron chi connectivity index (χ3n) is 3.94. The Hall–Kier alpha value is -2.67. The van der Waals surface area contributed by atoms with Crippen LogP contribution in [0.3, 0.4) is 0 Å². The second-order valence-electron chi connectivity index (χ2n) is 5.74. The third-order valence-corrected chi connectivity index (χ3v) is 4.98. The number of anilines is 1. The molecule has 0 unspecified atom stereocenters. The molecule has 0 saturated heterocycles. The fraction of sp³-hybridized carbons (Fsp3) is 0.118. The predicted octanol–water partition coefficient (Wildman–Crippen LogP) is 2.03. The highest BCUT2D eigenvalue weighted by molar-refractivity contribution is 7.13. The van der Waals surface area contributed by atoms with Crippen molar-refractivity contribution in [3.63, 3.8) is 0 Å². The van der Waals surface area contributed by atoms with Gasteiger partial charge in [-0.25, -0.2) is 4.98 Å². The monoisotopic (exact) mass is 333 g/mol. The summed E-state index contributed by atoms with van der Waals surface area (Å²) in [4.78, 5) is 10.2. The van der Waals surface area contributed by atoms with E-state index in [-0.39, 0.29) is 0 Å². The Labute approximate surface area is 144 Å². The number of pyridine rings is 1. The number of aryl methyl sites for hydroxylation is 1. The maximum Gasteiger partial charge on any atom is 0.151 e. The molecule has 0 aliphatic carbocycles. The predicted molar refractivity (Wildman–Crippen MR) is 101 cm³/mol. The maximum atomic E-state index is 4.81. The van der Waals surface area contributed by atoms with Gasteiger partial charge in [0.1, 0.15) is 13.7 Å². The Balaban J connectivity index is 1.77. The van der Waals surface area contributed by atoms with E-state index in [1.54, 1.807) is 17.5 Å². The second-order valence-corrected chi connectivity index (χ2v) is 6.65. The van der Waals surface area contributed by atoms with E-state index in [4.69, 9.17) is 4.98 Å². The van der Waals surface area contributed by atoms with E-state index in [9.17, 15) is 0 Å². The first-order chi connectivity index (χ1) is 11.7. The number of aromatic nitrogens is 4. The highest BCUT2D eigenvalue weighted by atomic mass is 32.1. The van der Waals surface area contributed by atoms with Crippen molar-refractivity contribution in [3.8, 4) is 10.6 Å². The molecular weight excluding hydrogens is 317 g/mol. The van der Waals surface area contributed by atoms with Crippen molar-refractivity contribution in [2.24, 2.45) is 0 Å². The highest BCUT2D eigenvalue weighted by Crippen LogP contribution is 2.29.